The first-order valence-corrected chi connectivity index (χ1v) is 8.30. The molecule has 5 nitrogen and oxygen atoms in total. The molecule has 2 rings (SSSR count). The number of nitrogens with zero attached hydrogens (tertiary/aromatic N) is 1. The quantitative estimate of drug-likeness (QED) is 0.863. The van der Waals surface area contributed by atoms with Crippen LogP contribution in [0.5, 0.6) is 0 Å². The van der Waals surface area contributed by atoms with Crippen LogP contribution < -0.4 is 5.73 Å². The molecule has 2 N–H and O–H groups in total. The third-order valence-corrected chi connectivity index (χ3v) is 5.99. The van der Waals surface area contributed by atoms with E-state index in [2.05, 4.69) is 0 Å². The van der Waals surface area contributed by atoms with Crippen LogP contribution in [-0.4, -0.2) is 39.0 Å². The lowest BCUT2D eigenvalue weighted by atomic mass is 9.97. The van der Waals surface area contributed by atoms with Gasteiger partial charge >= 0.3 is 0 Å². The molecule has 0 bridgehead atoms. The van der Waals surface area contributed by atoms with Gasteiger partial charge in [0.1, 0.15) is 5.82 Å². The molecule has 1 fully saturated rings. The minimum atomic E-state index is -3.76. The first kappa shape index (κ1) is 16.2. The van der Waals surface area contributed by atoms with E-state index in [9.17, 15) is 12.8 Å². The molecule has 0 aliphatic carbocycles. The summed E-state index contributed by atoms with van der Waals surface area (Å²) in [7, 11) is -2.19. The Hall–Kier alpha value is -1.18. The Morgan fingerprint density at radius 1 is 1.43 bits per heavy atom. The van der Waals surface area contributed by atoms with Gasteiger partial charge in [0.2, 0.25) is 10.0 Å². The van der Waals surface area contributed by atoms with Crippen LogP contribution in [0, 0.1) is 18.7 Å². The molecular weight excluding hydrogens is 295 g/mol. The summed E-state index contributed by atoms with van der Waals surface area (Å²) >= 11 is 0. The van der Waals surface area contributed by atoms with Crippen molar-refractivity contribution in [2.24, 2.45) is 5.92 Å². The van der Waals surface area contributed by atoms with E-state index in [0.29, 0.717) is 18.9 Å². The van der Waals surface area contributed by atoms with E-state index in [1.54, 1.807) is 7.11 Å². The van der Waals surface area contributed by atoms with Crippen molar-refractivity contribution < 1.29 is 17.5 Å². The van der Waals surface area contributed by atoms with E-state index in [1.165, 1.54) is 17.3 Å². The number of benzene rings is 1. The monoisotopic (exact) mass is 316 g/mol. The third kappa shape index (κ3) is 3.04. The van der Waals surface area contributed by atoms with Crippen molar-refractivity contribution in [3.63, 3.8) is 0 Å². The summed E-state index contributed by atoms with van der Waals surface area (Å²) in [6.45, 7) is 4.22. The van der Waals surface area contributed by atoms with Gasteiger partial charge in [-0.05, 0) is 31.4 Å². The summed E-state index contributed by atoms with van der Waals surface area (Å²) in [6, 6.07) is 2.34. The van der Waals surface area contributed by atoms with Gasteiger partial charge in [-0.25, -0.2) is 12.8 Å². The normalized spacial score (nSPS) is 24.2. The smallest absolute Gasteiger partial charge is 0.243 e. The van der Waals surface area contributed by atoms with E-state index in [1.807, 2.05) is 6.92 Å². The Morgan fingerprint density at radius 2 is 2.10 bits per heavy atom. The Kier molecular flexibility index (Phi) is 4.55. The standard InChI is InChI=1S/C14H21FN2O3S/c1-9-4-5-17(8-14(9)20-3)21(18,19)11-6-12(15)10(2)13(16)7-11/h6-7,9,14H,4-5,8,16H2,1-3H3. The first-order chi connectivity index (χ1) is 9.77. The van der Waals surface area contributed by atoms with Crippen LogP contribution in [0.4, 0.5) is 10.1 Å². The van der Waals surface area contributed by atoms with Crippen molar-refractivity contribution in [1.82, 2.24) is 4.31 Å². The zero-order chi connectivity index (χ0) is 15.8. The molecule has 1 aromatic carbocycles. The van der Waals surface area contributed by atoms with Gasteiger partial charge in [-0.1, -0.05) is 6.92 Å². The van der Waals surface area contributed by atoms with Crippen LogP contribution in [0.15, 0.2) is 17.0 Å². The molecule has 0 amide bonds. The summed E-state index contributed by atoms with van der Waals surface area (Å²) in [6.07, 6.45) is 0.558. The lowest BCUT2D eigenvalue weighted by Gasteiger charge is -2.35. The van der Waals surface area contributed by atoms with Gasteiger partial charge in [0.05, 0.1) is 11.0 Å². The zero-order valence-corrected chi connectivity index (χ0v) is 13.3. The van der Waals surface area contributed by atoms with Gasteiger partial charge in [0, 0.05) is 31.5 Å². The fraction of sp³-hybridized carbons (Fsp3) is 0.571. The molecule has 0 spiro atoms. The third-order valence-electron chi connectivity index (χ3n) is 4.15. The van der Waals surface area contributed by atoms with Crippen LogP contribution in [0.1, 0.15) is 18.9 Å². The lowest BCUT2D eigenvalue weighted by Crippen LogP contribution is -2.46. The maximum absolute atomic E-state index is 13.8. The second-order valence-corrected chi connectivity index (χ2v) is 7.46. The maximum Gasteiger partial charge on any atom is 0.243 e. The summed E-state index contributed by atoms with van der Waals surface area (Å²) in [5.41, 5.74) is 6.08. The average molecular weight is 316 g/mol. The number of halogens is 1. The zero-order valence-electron chi connectivity index (χ0n) is 12.5. The summed E-state index contributed by atoms with van der Waals surface area (Å²) in [4.78, 5) is -0.104. The fourth-order valence-corrected chi connectivity index (χ4v) is 4.02. The number of nitrogens with two attached hydrogens (primary N) is 1. The Labute approximate surface area is 124 Å². The highest BCUT2D eigenvalue weighted by Gasteiger charge is 2.34. The van der Waals surface area contributed by atoms with Gasteiger partial charge in [-0.2, -0.15) is 4.31 Å². The predicted octanol–water partition coefficient (Wildman–Crippen LogP) is 1.76. The number of hydrogen-bond donors (Lipinski definition) is 1. The van der Waals surface area contributed by atoms with Crippen LogP contribution >= 0.6 is 0 Å². The number of hydrogen-bond acceptors (Lipinski definition) is 4. The maximum atomic E-state index is 13.8. The Morgan fingerprint density at radius 3 is 2.67 bits per heavy atom. The molecule has 118 valence electrons. The molecule has 2 atom stereocenters. The Balaban J connectivity index is 2.34. The molecule has 1 aliphatic heterocycles. The van der Waals surface area contributed by atoms with E-state index in [4.69, 9.17) is 10.5 Å². The summed E-state index contributed by atoms with van der Waals surface area (Å²) in [5, 5.41) is 0. The topological polar surface area (TPSA) is 72.6 Å². The van der Waals surface area contributed by atoms with E-state index >= 15 is 0 Å². The predicted molar refractivity (Wildman–Crippen MR) is 78.9 cm³/mol. The highest BCUT2D eigenvalue weighted by atomic mass is 32.2. The molecular formula is C14H21FN2O3S. The molecule has 7 heteroatoms. The van der Waals surface area contributed by atoms with E-state index in [-0.39, 0.29) is 28.8 Å². The first-order valence-electron chi connectivity index (χ1n) is 6.86. The average Bonchev–Trinajstić information content (AvgIpc) is 2.44. The number of ether oxygens (including phenoxy) is 1. The van der Waals surface area contributed by atoms with Crippen LogP contribution in [0.2, 0.25) is 0 Å². The molecule has 1 aromatic rings. The van der Waals surface area contributed by atoms with Crippen molar-refractivity contribution in [1.29, 1.82) is 0 Å². The van der Waals surface area contributed by atoms with Gasteiger partial charge in [0.15, 0.2) is 0 Å². The second kappa shape index (κ2) is 5.90. The van der Waals surface area contributed by atoms with Crippen molar-refractivity contribution in [3.8, 4) is 0 Å². The number of anilines is 1. The molecule has 0 radical (unpaired) electrons. The summed E-state index contributed by atoms with van der Waals surface area (Å²) in [5.74, 6) is -0.316. The van der Waals surface area contributed by atoms with Gasteiger partial charge in [-0.15, -0.1) is 0 Å². The van der Waals surface area contributed by atoms with E-state index < -0.39 is 15.8 Å². The number of sulfonamides is 1. The molecule has 2 unspecified atom stereocenters. The second-order valence-electron chi connectivity index (χ2n) is 5.52. The van der Waals surface area contributed by atoms with Gasteiger partial charge in [0.25, 0.3) is 0 Å². The van der Waals surface area contributed by atoms with Gasteiger partial charge < -0.3 is 10.5 Å². The van der Waals surface area contributed by atoms with Crippen molar-refractivity contribution in [3.05, 3.63) is 23.5 Å². The molecule has 21 heavy (non-hydrogen) atoms. The largest absolute Gasteiger partial charge is 0.398 e. The van der Waals surface area contributed by atoms with E-state index in [0.717, 1.165) is 6.07 Å². The SMILES string of the molecule is COC1CN(S(=O)(=O)c2cc(N)c(C)c(F)c2)CCC1C. The number of nitrogen functional groups attached to an aromatic ring is 1. The van der Waals surface area contributed by atoms with Crippen LogP contribution in [-0.2, 0) is 14.8 Å². The number of piperidine rings is 1. The number of methoxy groups -OCH3 is 1. The minimum Gasteiger partial charge on any atom is -0.398 e. The van der Waals surface area contributed by atoms with Crippen LogP contribution in [0.25, 0.3) is 0 Å². The molecule has 1 heterocycles. The molecule has 1 saturated heterocycles. The van der Waals surface area contributed by atoms with Gasteiger partial charge in [-0.3, -0.25) is 0 Å². The van der Waals surface area contributed by atoms with Crippen LogP contribution in [0.3, 0.4) is 0 Å². The van der Waals surface area contributed by atoms with Crippen molar-refractivity contribution in [2.75, 3.05) is 25.9 Å². The highest BCUT2D eigenvalue weighted by molar-refractivity contribution is 7.89. The summed E-state index contributed by atoms with van der Waals surface area (Å²) < 4.78 is 45.7. The highest BCUT2D eigenvalue weighted by Crippen LogP contribution is 2.28. The molecule has 1 aliphatic rings. The minimum absolute atomic E-state index is 0.104. The van der Waals surface area contributed by atoms with Crippen molar-refractivity contribution >= 4 is 15.7 Å². The fourth-order valence-electron chi connectivity index (χ4n) is 2.50. The van der Waals surface area contributed by atoms with Crippen molar-refractivity contribution in [2.45, 2.75) is 31.3 Å². The molecule has 0 saturated carbocycles. The number of rotatable bonds is 3. The molecule has 0 aromatic heterocycles. The Bertz CT molecular complexity index is 610. The lowest BCUT2D eigenvalue weighted by molar-refractivity contribution is 0.0184.